The molecule has 8 nitrogen and oxygen atoms in total. The van der Waals surface area contributed by atoms with Gasteiger partial charge in [-0.3, -0.25) is 19.3 Å². The first kappa shape index (κ1) is 24.9. The van der Waals surface area contributed by atoms with Crippen molar-refractivity contribution >= 4 is 23.4 Å². The lowest BCUT2D eigenvalue weighted by Gasteiger charge is -2.36. The number of ether oxygens (including phenoxy) is 1. The van der Waals surface area contributed by atoms with Crippen LogP contribution in [0.25, 0.3) is 0 Å². The minimum absolute atomic E-state index is 0.0191. The summed E-state index contributed by atoms with van der Waals surface area (Å²) in [6.07, 6.45) is 1.45. The van der Waals surface area contributed by atoms with Crippen LogP contribution in [0.15, 0.2) is 48.5 Å². The van der Waals surface area contributed by atoms with Gasteiger partial charge < -0.3 is 20.3 Å². The molecular formula is C27H34N4O4. The Hall–Kier alpha value is -3.23. The summed E-state index contributed by atoms with van der Waals surface area (Å²) in [6, 6.07) is 15.3. The van der Waals surface area contributed by atoms with Gasteiger partial charge >= 0.3 is 0 Å². The van der Waals surface area contributed by atoms with Crippen molar-refractivity contribution in [2.45, 2.75) is 38.8 Å². The molecule has 0 bridgehead atoms. The molecule has 2 N–H and O–H groups in total. The summed E-state index contributed by atoms with van der Waals surface area (Å²) >= 11 is 0. The lowest BCUT2D eigenvalue weighted by molar-refractivity contribution is -0.133. The summed E-state index contributed by atoms with van der Waals surface area (Å²) in [4.78, 5) is 41.4. The highest BCUT2D eigenvalue weighted by molar-refractivity contribution is 5.90. The first-order valence-electron chi connectivity index (χ1n) is 12.3. The number of nitrogens with one attached hydrogen (secondary N) is 2. The van der Waals surface area contributed by atoms with Gasteiger partial charge in [0.2, 0.25) is 17.7 Å². The van der Waals surface area contributed by atoms with E-state index in [-0.39, 0.29) is 30.2 Å². The highest BCUT2D eigenvalue weighted by atomic mass is 16.5. The van der Waals surface area contributed by atoms with Gasteiger partial charge in [0.25, 0.3) is 0 Å². The maximum Gasteiger partial charge on any atom is 0.225 e. The maximum atomic E-state index is 12.8. The molecule has 0 radical (unpaired) electrons. The Morgan fingerprint density at radius 2 is 1.80 bits per heavy atom. The number of hydrogen-bond acceptors (Lipinski definition) is 5. The van der Waals surface area contributed by atoms with Crippen molar-refractivity contribution in [1.82, 2.24) is 15.1 Å². The zero-order valence-corrected chi connectivity index (χ0v) is 20.3. The number of fused-ring (bicyclic) bond motifs is 1. The monoisotopic (exact) mass is 478 g/mol. The average molecular weight is 479 g/mol. The van der Waals surface area contributed by atoms with Gasteiger partial charge in [-0.25, -0.2) is 0 Å². The minimum Gasteiger partial charge on any atom is -0.379 e. The molecule has 0 saturated carbocycles. The molecule has 1 saturated heterocycles. The largest absolute Gasteiger partial charge is 0.379 e. The third-order valence-electron chi connectivity index (χ3n) is 6.65. The highest BCUT2D eigenvalue weighted by Gasteiger charge is 2.30. The van der Waals surface area contributed by atoms with Crippen LogP contribution in [0, 0.1) is 0 Å². The van der Waals surface area contributed by atoms with E-state index in [4.69, 9.17) is 4.74 Å². The molecule has 1 unspecified atom stereocenters. The van der Waals surface area contributed by atoms with Crippen LogP contribution < -0.4 is 10.6 Å². The Bertz CT molecular complexity index is 1050. The summed E-state index contributed by atoms with van der Waals surface area (Å²) in [6.45, 7) is 6.40. The van der Waals surface area contributed by atoms with Crippen molar-refractivity contribution < 1.29 is 19.1 Å². The molecule has 2 aromatic rings. The average Bonchev–Trinajstić information content (AvgIpc) is 2.87. The number of rotatable bonds is 8. The fourth-order valence-corrected chi connectivity index (χ4v) is 4.76. The molecule has 1 atom stereocenters. The Morgan fingerprint density at radius 1 is 1.00 bits per heavy atom. The number of benzene rings is 2. The van der Waals surface area contributed by atoms with Crippen molar-refractivity contribution in [3.8, 4) is 0 Å². The van der Waals surface area contributed by atoms with E-state index in [0.717, 1.165) is 43.9 Å². The second kappa shape index (κ2) is 12.0. The van der Waals surface area contributed by atoms with Crippen LogP contribution in [-0.2, 0) is 32.1 Å². The molecule has 3 amide bonds. The normalized spacial score (nSPS) is 18.0. The molecule has 186 valence electrons. The van der Waals surface area contributed by atoms with Crippen LogP contribution >= 0.6 is 0 Å². The summed E-state index contributed by atoms with van der Waals surface area (Å²) in [7, 11) is 0. The summed E-state index contributed by atoms with van der Waals surface area (Å²) in [5.74, 6) is -0.162. The minimum atomic E-state index is -0.255. The van der Waals surface area contributed by atoms with Gasteiger partial charge in [0, 0.05) is 51.8 Å². The molecule has 0 aliphatic carbocycles. The third kappa shape index (κ3) is 6.90. The highest BCUT2D eigenvalue weighted by Crippen LogP contribution is 2.32. The number of carbonyl (C=O) groups is 3. The Kier molecular flexibility index (Phi) is 8.50. The van der Waals surface area contributed by atoms with E-state index >= 15 is 0 Å². The second-order valence-corrected chi connectivity index (χ2v) is 9.11. The van der Waals surface area contributed by atoms with E-state index in [9.17, 15) is 14.4 Å². The van der Waals surface area contributed by atoms with Crippen LogP contribution in [0.2, 0.25) is 0 Å². The van der Waals surface area contributed by atoms with Gasteiger partial charge in [-0.2, -0.15) is 0 Å². The molecule has 4 rings (SSSR count). The number of morpholine rings is 1. The number of carbonyl (C=O) groups excluding carboxylic acids is 3. The molecule has 0 spiro atoms. The van der Waals surface area contributed by atoms with Crippen LogP contribution in [0.4, 0.5) is 5.69 Å². The van der Waals surface area contributed by atoms with Crippen molar-refractivity contribution in [2.75, 3.05) is 44.7 Å². The van der Waals surface area contributed by atoms with E-state index < -0.39 is 0 Å². The Labute approximate surface area is 206 Å². The first-order valence-corrected chi connectivity index (χ1v) is 12.3. The molecule has 2 aromatic carbocycles. The topological polar surface area (TPSA) is 91.0 Å². The van der Waals surface area contributed by atoms with Gasteiger partial charge in [-0.15, -0.1) is 0 Å². The lowest BCUT2D eigenvalue weighted by atomic mass is 9.90. The van der Waals surface area contributed by atoms with Crippen molar-refractivity contribution in [1.29, 1.82) is 0 Å². The molecule has 1 fully saturated rings. The first-order chi connectivity index (χ1) is 17.0. The number of anilines is 1. The summed E-state index contributed by atoms with van der Waals surface area (Å²) in [5, 5.41) is 5.93. The van der Waals surface area contributed by atoms with Crippen molar-refractivity contribution in [3.63, 3.8) is 0 Å². The van der Waals surface area contributed by atoms with E-state index in [0.29, 0.717) is 31.7 Å². The SMILES string of the molecule is CC(=O)N1CCc2ccccc2C1CC(=O)NCc1cccc(NC(=O)CCN2CCOCC2)c1. The predicted molar refractivity (Wildman–Crippen MR) is 134 cm³/mol. The van der Waals surface area contributed by atoms with Crippen molar-refractivity contribution in [3.05, 3.63) is 65.2 Å². The second-order valence-electron chi connectivity index (χ2n) is 9.11. The third-order valence-corrected chi connectivity index (χ3v) is 6.65. The number of hydrogen-bond donors (Lipinski definition) is 2. The lowest BCUT2D eigenvalue weighted by Crippen LogP contribution is -2.41. The predicted octanol–water partition coefficient (Wildman–Crippen LogP) is 2.50. The molecule has 2 aliphatic heterocycles. The van der Waals surface area contributed by atoms with E-state index in [2.05, 4.69) is 21.6 Å². The van der Waals surface area contributed by atoms with E-state index in [1.807, 2.05) is 42.5 Å². The zero-order valence-electron chi connectivity index (χ0n) is 20.3. The van der Waals surface area contributed by atoms with Gasteiger partial charge in [-0.1, -0.05) is 36.4 Å². The molecule has 2 aliphatic rings. The van der Waals surface area contributed by atoms with Crippen LogP contribution in [-0.4, -0.2) is 66.9 Å². The van der Waals surface area contributed by atoms with E-state index in [1.54, 1.807) is 11.8 Å². The smallest absolute Gasteiger partial charge is 0.225 e. The van der Waals surface area contributed by atoms with Crippen molar-refractivity contribution in [2.24, 2.45) is 0 Å². The standard InChI is InChI=1S/C27H34N4O4/c1-20(32)31-12-9-22-6-2-3-8-24(22)25(31)18-27(34)28-19-21-5-4-7-23(17-21)29-26(33)10-11-30-13-15-35-16-14-30/h2-8,17,25H,9-16,18-19H2,1H3,(H,28,34)(H,29,33). The number of nitrogens with zero attached hydrogens (tertiary/aromatic N) is 2. The molecule has 0 aromatic heterocycles. The fraction of sp³-hybridized carbons (Fsp3) is 0.444. The summed E-state index contributed by atoms with van der Waals surface area (Å²) < 4.78 is 5.34. The quantitative estimate of drug-likeness (QED) is 0.609. The molecule has 35 heavy (non-hydrogen) atoms. The maximum absolute atomic E-state index is 12.8. The summed E-state index contributed by atoms with van der Waals surface area (Å²) in [5.41, 5.74) is 3.86. The van der Waals surface area contributed by atoms with Gasteiger partial charge in [0.15, 0.2) is 0 Å². The molecule has 2 heterocycles. The molecule has 8 heteroatoms. The van der Waals surface area contributed by atoms with E-state index in [1.165, 1.54) is 5.56 Å². The van der Waals surface area contributed by atoms with Gasteiger partial charge in [0.1, 0.15) is 0 Å². The zero-order chi connectivity index (χ0) is 24.6. The van der Waals surface area contributed by atoms with Crippen LogP contribution in [0.5, 0.6) is 0 Å². The molecular weight excluding hydrogens is 444 g/mol. The fourth-order valence-electron chi connectivity index (χ4n) is 4.76. The van der Waals surface area contributed by atoms with Gasteiger partial charge in [-0.05, 0) is 35.2 Å². The number of amides is 3. The Morgan fingerprint density at radius 3 is 2.60 bits per heavy atom. The van der Waals surface area contributed by atoms with Crippen LogP contribution in [0.1, 0.15) is 42.5 Å². The van der Waals surface area contributed by atoms with Gasteiger partial charge in [0.05, 0.1) is 25.7 Å². The van der Waals surface area contributed by atoms with Crippen LogP contribution in [0.3, 0.4) is 0 Å². The Balaban J connectivity index is 1.29.